The van der Waals surface area contributed by atoms with Crippen molar-refractivity contribution in [3.63, 3.8) is 0 Å². The molecule has 0 aliphatic carbocycles. The molecule has 5 nitrogen and oxygen atoms in total. The molecule has 0 bridgehead atoms. The monoisotopic (exact) mass is 321 g/mol. The van der Waals surface area contributed by atoms with Gasteiger partial charge in [-0.2, -0.15) is 0 Å². The van der Waals surface area contributed by atoms with Crippen molar-refractivity contribution in [2.24, 2.45) is 5.73 Å². The van der Waals surface area contributed by atoms with Gasteiger partial charge >= 0.3 is 0 Å². The van der Waals surface area contributed by atoms with Crippen molar-refractivity contribution in [1.29, 1.82) is 0 Å². The molecular formula is C14H15N3O2S2. The van der Waals surface area contributed by atoms with Crippen LogP contribution in [0.4, 0.5) is 11.4 Å². The minimum Gasteiger partial charge on any atom is -0.376 e. The second-order valence-corrected chi connectivity index (χ2v) is 6.61. The molecule has 110 valence electrons. The van der Waals surface area contributed by atoms with Gasteiger partial charge in [-0.25, -0.2) is 8.42 Å². The van der Waals surface area contributed by atoms with Crippen molar-refractivity contribution in [2.75, 3.05) is 10.0 Å². The molecule has 0 amide bonds. The fraction of sp³-hybridized carbons (Fsp3) is 0.0714. The largest absolute Gasteiger partial charge is 0.376 e. The number of thiocarbonyl (C=S) groups is 1. The Labute approximate surface area is 129 Å². The summed E-state index contributed by atoms with van der Waals surface area (Å²) < 4.78 is 27.1. The van der Waals surface area contributed by atoms with Crippen molar-refractivity contribution >= 4 is 38.7 Å². The van der Waals surface area contributed by atoms with E-state index >= 15 is 0 Å². The molecule has 21 heavy (non-hydrogen) atoms. The van der Waals surface area contributed by atoms with E-state index in [9.17, 15) is 8.42 Å². The van der Waals surface area contributed by atoms with Gasteiger partial charge in [0.05, 0.1) is 4.90 Å². The zero-order valence-electron chi connectivity index (χ0n) is 11.3. The number of hydrogen-bond acceptors (Lipinski definition) is 3. The van der Waals surface area contributed by atoms with Gasteiger partial charge in [-0.3, -0.25) is 4.72 Å². The van der Waals surface area contributed by atoms with Crippen LogP contribution >= 0.6 is 12.2 Å². The standard InChI is InChI=1S/C14H15N3O2S2/c1-10-3-2-4-12(9-10)17-21(18,19)13-7-5-11(6-8-13)16-14(15)20/h2-9,17H,1H3,(H3,15,16,20). The van der Waals surface area contributed by atoms with Crippen LogP contribution in [0.15, 0.2) is 53.4 Å². The van der Waals surface area contributed by atoms with Crippen molar-refractivity contribution < 1.29 is 8.42 Å². The summed E-state index contributed by atoms with van der Waals surface area (Å²) in [5.41, 5.74) is 7.50. The van der Waals surface area contributed by atoms with Crippen LogP contribution in [0, 0.1) is 6.92 Å². The Morgan fingerprint density at radius 1 is 1.10 bits per heavy atom. The summed E-state index contributed by atoms with van der Waals surface area (Å²) in [6, 6.07) is 13.3. The first kappa shape index (κ1) is 15.3. The van der Waals surface area contributed by atoms with E-state index in [1.54, 1.807) is 30.3 Å². The molecule has 0 heterocycles. The van der Waals surface area contributed by atoms with E-state index in [2.05, 4.69) is 10.0 Å². The van der Waals surface area contributed by atoms with E-state index < -0.39 is 10.0 Å². The van der Waals surface area contributed by atoms with Crippen LogP contribution in [0.5, 0.6) is 0 Å². The molecule has 4 N–H and O–H groups in total. The average molecular weight is 321 g/mol. The molecular weight excluding hydrogens is 306 g/mol. The summed E-state index contributed by atoms with van der Waals surface area (Å²) in [6.45, 7) is 1.90. The highest BCUT2D eigenvalue weighted by Crippen LogP contribution is 2.18. The van der Waals surface area contributed by atoms with Gasteiger partial charge < -0.3 is 11.1 Å². The van der Waals surface area contributed by atoms with E-state index in [0.717, 1.165) is 5.56 Å². The number of nitrogens with one attached hydrogen (secondary N) is 2. The zero-order valence-corrected chi connectivity index (χ0v) is 13.0. The second-order valence-electron chi connectivity index (χ2n) is 4.49. The highest BCUT2D eigenvalue weighted by molar-refractivity contribution is 7.92. The molecule has 0 aromatic heterocycles. The molecule has 0 unspecified atom stereocenters. The van der Waals surface area contributed by atoms with E-state index in [1.165, 1.54) is 12.1 Å². The fourth-order valence-corrected chi connectivity index (χ4v) is 2.95. The van der Waals surface area contributed by atoms with Crippen LogP contribution in [0.25, 0.3) is 0 Å². The van der Waals surface area contributed by atoms with E-state index in [4.69, 9.17) is 18.0 Å². The molecule has 0 aliphatic heterocycles. The van der Waals surface area contributed by atoms with E-state index in [0.29, 0.717) is 11.4 Å². The fourth-order valence-electron chi connectivity index (χ4n) is 1.78. The summed E-state index contributed by atoms with van der Waals surface area (Å²) in [5.74, 6) is 0. The summed E-state index contributed by atoms with van der Waals surface area (Å²) in [6.07, 6.45) is 0. The smallest absolute Gasteiger partial charge is 0.261 e. The Morgan fingerprint density at radius 2 is 1.76 bits per heavy atom. The maximum absolute atomic E-state index is 12.3. The van der Waals surface area contributed by atoms with Gasteiger partial charge in [0.1, 0.15) is 0 Å². The van der Waals surface area contributed by atoms with E-state index in [1.807, 2.05) is 13.0 Å². The number of anilines is 2. The molecule has 0 radical (unpaired) electrons. The molecule has 0 saturated carbocycles. The lowest BCUT2D eigenvalue weighted by Gasteiger charge is -2.09. The number of nitrogens with two attached hydrogens (primary N) is 1. The summed E-state index contributed by atoms with van der Waals surface area (Å²) in [5, 5.41) is 2.86. The molecule has 2 aromatic carbocycles. The van der Waals surface area contributed by atoms with Gasteiger partial charge in [-0.15, -0.1) is 0 Å². The molecule has 2 aromatic rings. The molecule has 0 atom stereocenters. The quantitative estimate of drug-likeness (QED) is 0.753. The predicted molar refractivity (Wildman–Crippen MR) is 88.8 cm³/mol. The summed E-state index contributed by atoms with van der Waals surface area (Å²) in [7, 11) is -3.62. The molecule has 0 fully saturated rings. The molecule has 7 heteroatoms. The number of hydrogen-bond donors (Lipinski definition) is 3. The predicted octanol–water partition coefficient (Wildman–Crippen LogP) is 2.45. The van der Waals surface area contributed by atoms with Crippen molar-refractivity contribution in [2.45, 2.75) is 11.8 Å². The topological polar surface area (TPSA) is 84.2 Å². The zero-order chi connectivity index (χ0) is 15.5. The lowest BCUT2D eigenvalue weighted by Crippen LogP contribution is -2.19. The minimum atomic E-state index is -3.62. The van der Waals surface area contributed by atoms with Crippen LogP contribution in [0.2, 0.25) is 0 Å². The second kappa shape index (κ2) is 6.11. The maximum atomic E-state index is 12.3. The lowest BCUT2D eigenvalue weighted by atomic mass is 10.2. The maximum Gasteiger partial charge on any atom is 0.261 e. The summed E-state index contributed by atoms with van der Waals surface area (Å²) in [4.78, 5) is 0.164. The van der Waals surface area contributed by atoms with Crippen LogP contribution in [-0.2, 0) is 10.0 Å². The Kier molecular flexibility index (Phi) is 4.44. The number of benzene rings is 2. The van der Waals surface area contributed by atoms with Crippen molar-refractivity contribution in [3.8, 4) is 0 Å². The first-order chi connectivity index (χ1) is 9.87. The third-order valence-corrected chi connectivity index (χ3v) is 4.20. The van der Waals surface area contributed by atoms with Crippen LogP contribution < -0.4 is 15.8 Å². The Hall–Kier alpha value is -2.12. The van der Waals surface area contributed by atoms with Gasteiger partial charge in [-0.1, -0.05) is 12.1 Å². The van der Waals surface area contributed by atoms with Gasteiger partial charge in [0, 0.05) is 11.4 Å². The third-order valence-electron chi connectivity index (χ3n) is 2.70. The number of sulfonamides is 1. The molecule has 2 rings (SSSR count). The highest BCUT2D eigenvalue weighted by Gasteiger charge is 2.14. The molecule has 0 saturated heterocycles. The Balaban J connectivity index is 2.21. The van der Waals surface area contributed by atoms with Gasteiger partial charge in [0.15, 0.2) is 5.11 Å². The first-order valence-electron chi connectivity index (χ1n) is 6.13. The third kappa shape index (κ3) is 4.17. The Bertz CT molecular complexity index is 756. The highest BCUT2D eigenvalue weighted by atomic mass is 32.2. The molecule has 0 spiro atoms. The average Bonchev–Trinajstić information content (AvgIpc) is 2.38. The minimum absolute atomic E-state index is 0.128. The first-order valence-corrected chi connectivity index (χ1v) is 8.02. The lowest BCUT2D eigenvalue weighted by molar-refractivity contribution is 0.601. The van der Waals surface area contributed by atoms with E-state index in [-0.39, 0.29) is 10.0 Å². The molecule has 0 aliphatic rings. The van der Waals surface area contributed by atoms with Crippen LogP contribution in [0.1, 0.15) is 5.56 Å². The van der Waals surface area contributed by atoms with Gasteiger partial charge in [0.25, 0.3) is 10.0 Å². The van der Waals surface area contributed by atoms with Gasteiger partial charge in [-0.05, 0) is 61.1 Å². The van der Waals surface area contributed by atoms with Crippen LogP contribution in [0.3, 0.4) is 0 Å². The van der Waals surface area contributed by atoms with Crippen molar-refractivity contribution in [1.82, 2.24) is 0 Å². The summed E-state index contributed by atoms with van der Waals surface area (Å²) >= 11 is 4.72. The van der Waals surface area contributed by atoms with Crippen LogP contribution in [-0.4, -0.2) is 13.5 Å². The Morgan fingerprint density at radius 3 is 2.33 bits per heavy atom. The normalized spacial score (nSPS) is 10.9. The SMILES string of the molecule is Cc1cccc(NS(=O)(=O)c2ccc(NC(N)=S)cc2)c1. The van der Waals surface area contributed by atoms with Gasteiger partial charge in [0.2, 0.25) is 0 Å². The number of aryl methyl sites for hydroxylation is 1. The van der Waals surface area contributed by atoms with Crippen molar-refractivity contribution in [3.05, 3.63) is 54.1 Å². The number of rotatable bonds is 4.